The normalized spacial score (nSPS) is 10.9. The summed E-state index contributed by atoms with van der Waals surface area (Å²) in [7, 11) is 0. The van der Waals surface area contributed by atoms with Crippen LogP contribution in [0.3, 0.4) is 0 Å². The summed E-state index contributed by atoms with van der Waals surface area (Å²) in [6.07, 6.45) is -0.801. The first-order chi connectivity index (χ1) is 8.19. The number of amides is 1. The SMILES string of the molecule is CC(C)(C)OC(=O)Nc1ccc(C(=O)O)cc1F. The van der Waals surface area contributed by atoms with E-state index in [0.29, 0.717) is 0 Å². The van der Waals surface area contributed by atoms with E-state index in [2.05, 4.69) is 5.32 Å². The molecule has 1 rings (SSSR count). The molecule has 0 aromatic heterocycles. The number of benzene rings is 1. The molecular weight excluding hydrogens is 241 g/mol. The van der Waals surface area contributed by atoms with Gasteiger partial charge in [0, 0.05) is 0 Å². The average Bonchev–Trinajstić information content (AvgIpc) is 2.17. The van der Waals surface area contributed by atoms with E-state index < -0.39 is 23.5 Å². The predicted octanol–water partition coefficient (Wildman–Crippen LogP) is 2.87. The lowest BCUT2D eigenvalue weighted by Crippen LogP contribution is -2.27. The van der Waals surface area contributed by atoms with Crippen molar-refractivity contribution in [2.24, 2.45) is 0 Å². The average molecular weight is 255 g/mol. The van der Waals surface area contributed by atoms with E-state index >= 15 is 0 Å². The summed E-state index contributed by atoms with van der Waals surface area (Å²) in [6, 6.07) is 3.19. The smallest absolute Gasteiger partial charge is 0.412 e. The van der Waals surface area contributed by atoms with Crippen molar-refractivity contribution >= 4 is 17.7 Å². The Labute approximate surface area is 104 Å². The number of hydrogen-bond donors (Lipinski definition) is 2. The lowest BCUT2D eigenvalue weighted by atomic mass is 10.2. The van der Waals surface area contributed by atoms with Gasteiger partial charge in [-0.05, 0) is 39.0 Å². The molecule has 0 radical (unpaired) electrons. The second-order valence-electron chi connectivity index (χ2n) is 4.63. The van der Waals surface area contributed by atoms with Gasteiger partial charge in [-0.1, -0.05) is 0 Å². The zero-order chi connectivity index (χ0) is 13.9. The largest absolute Gasteiger partial charge is 0.478 e. The molecule has 0 saturated carbocycles. The number of carboxylic acids is 1. The van der Waals surface area contributed by atoms with Crippen LogP contribution < -0.4 is 5.32 Å². The van der Waals surface area contributed by atoms with Crippen molar-refractivity contribution < 1.29 is 23.8 Å². The molecule has 0 saturated heterocycles. The molecule has 0 unspecified atom stereocenters. The molecule has 1 aromatic rings. The number of carboxylic acid groups (broad SMARTS) is 1. The van der Waals surface area contributed by atoms with E-state index in [4.69, 9.17) is 9.84 Å². The van der Waals surface area contributed by atoms with Crippen LogP contribution in [0.4, 0.5) is 14.9 Å². The van der Waals surface area contributed by atoms with Gasteiger partial charge >= 0.3 is 12.1 Å². The van der Waals surface area contributed by atoms with Gasteiger partial charge in [-0.3, -0.25) is 5.32 Å². The molecule has 18 heavy (non-hydrogen) atoms. The van der Waals surface area contributed by atoms with Gasteiger partial charge in [-0.25, -0.2) is 14.0 Å². The van der Waals surface area contributed by atoms with Crippen molar-refractivity contribution in [1.29, 1.82) is 0 Å². The number of halogens is 1. The van der Waals surface area contributed by atoms with E-state index in [1.807, 2.05) is 0 Å². The second-order valence-corrected chi connectivity index (χ2v) is 4.63. The van der Waals surface area contributed by atoms with Crippen LogP contribution in [0.15, 0.2) is 18.2 Å². The van der Waals surface area contributed by atoms with Crippen molar-refractivity contribution in [2.75, 3.05) is 5.32 Å². The summed E-state index contributed by atoms with van der Waals surface area (Å²) in [5.74, 6) is -2.07. The monoisotopic (exact) mass is 255 g/mol. The van der Waals surface area contributed by atoms with Crippen molar-refractivity contribution in [3.63, 3.8) is 0 Å². The molecule has 0 heterocycles. The van der Waals surface area contributed by atoms with Crippen LogP contribution in [0.1, 0.15) is 31.1 Å². The summed E-state index contributed by atoms with van der Waals surface area (Å²) in [5, 5.41) is 10.9. The molecule has 0 fully saturated rings. The van der Waals surface area contributed by atoms with Crippen molar-refractivity contribution in [3.8, 4) is 0 Å². The Morgan fingerprint density at radius 2 is 1.94 bits per heavy atom. The van der Waals surface area contributed by atoms with E-state index in [0.717, 1.165) is 6.07 Å². The number of carbonyl (C=O) groups is 2. The third-order valence-electron chi connectivity index (χ3n) is 1.85. The minimum Gasteiger partial charge on any atom is -0.478 e. The highest BCUT2D eigenvalue weighted by Gasteiger charge is 2.17. The Morgan fingerprint density at radius 3 is 2.39 bits per heavy atom. The van der Waals surface area contributed by atoms with Crippen LogP contribution in [0.5, 0.6) is 0 Å². The van der Waals surface area contributed by atoms with Gasteiger partial charge in [0.05, 0.1) is 11.3 Å². The molecule has 0 aliphatic rings. The quantitative estimate of drug-likeness (QED) is 0.852. The predicted molar refractivity (Wildman–Crippen MR) is 63.2 cm³/mol. The van der Waals surface area contributed by atoms with Gasteiger partial charge in [0.15, 0.2) is 0 Å². The summed E-state index contributed by atoms with van der Waals surface area (Å²) >= 11 is 0. The Hall–Kier alpha value is -2.11. The van der Waals surface area contributed by atoms with Crippen molar-refractivity contribution in [2.45, 2.75) is 26.4 Å². The number of ether oxygens (including phenoxy) is 1. The van der Waals surface area contributed by atoms with Gasteiger partial charge in [-0.2, -0.15) is 0 Å². The summed E-state index contributed by atoms with van der Waals surface area (Å²) < 4.78 is 18.4. The first kappa shape index (κ1) is 14.0. The minimum atomic E-state index is -1.24. The minimum absolute atomic E-state index is 0.130. The number of carbonyl (C=O) groups excluding carboxylic acids is 1. The van der Waals surface area contributed by atoms with E-state index in [9.17, 15) is 14.0 Å². The first-order valence-electron chi connectivity index (χ1n) is 5.22. The molecule has 6 heteroatoms. The van der Waals surface area contributed by atoms with E-state index in [1.54, 1.807) is 20.8 Å². The first-order valence-corrected chi connectivity index (χ1v) is 5.22. The lowest BCUT2D eigenvalue weighted by molar-refractivity contribution is 0.0634. The van der Waals surface area contributed by atoms with Crippen LogP contribution >= 0.6 is 0 Å². The van der Waals surface area contributed by atoms with Gasteiger partial charge < -0.3 is 9.84 Å². The maximum atomic E-state index is 13.5. The highest BCUT2D eigenvalue weighted by molar-refractivity contribution is 5.90. The molecule has 5 nitrogen and oxygen atoms in total. The third kappa shape index (κ3) is 4.04. The van der Waals surface area contributed by atoms with Gasteiger partial charge in [-0.15, -0.1) is 0 Å². The summed E-state index contributed by atoms with van der Waals surface area (Å²) in [4.78, 5) is 22.0. The van der Waals surface area contributed by atoms with Gasteiger partial charge in [0.2, 0.25) is 0 Å². The second kappa shape index (κ2) is 5.03. The fourth-order valence-corrected chi connectivity index (χ4v) is 1.16. The van der Waals surface area contributed by atoms with Crippen LogP contribution in [0.2, 0.25) is 0 Å². The fraction of sp³-hybridized carbons (Fsp3) is 0.333. The molecule has 0 spiro atoms. The zero-order valence-corrected chi connectivity index (χ0v) is 10.3. The van der Waals surface area contributed by atoms with Gasteiger partial charge in [0.1, 0.15) is 11.4 Å². The maximum absolute atomic E-state index is 13.5. The summed E-state index contributed by atoms with van der Waals surface area (Å²) in [6.45, 7) is 5.03. The van der Waals surface area contributed by atoms with E-state index in [-0.39, 0.29) is 11.3 Å². The van der Waals surface area contributed by atoms with Crippen LogP contribution in [-0.4, -0.2) is 22.8 Å². The molecule has 0 aliphatic carbocycles. The third-order valence-corrected chi connectivity index (χ3v) is 1.85. The molecule has 0 atom stereocenters. The van der Waals surface area contributed by atoms with Crippen LogP contribution in [-0.2, 0) is 4.74 Å². The number of hydrogen-bond acceptors (Lipinski definition) is 3. The van der Waals surface area contributed by atoms with Gasteiger partial charge in [0.25, 0.3) is 0 Å². The Bertz CT molecular complexity index is 479. The standard InChI is InChI=1S/C12H14FNO4/c1-12(2,3)18-11(17)14-9-5-4-7(10(15)16)6-8(9)13/h4-6H,1-3H3,(H,14,17)(H,15,16). The number of rotatable bonds is 2. The van der Waals surface area contributed by atoms with Crippen LogP contribution in [0.25, 0.3) is 0 Å². The molecule has 2 N–H and O–H groups in total. The summed E-state index contributed by atoms with van der Waals surface area (Å²) in [5.41, 5.74) is -1.02. The topological polar surface area (TPSA) is 75.6 Å². The molecule has 1 amide bonds. The molecular formula is C12H14FNO4. The van der Waals surface area contributed by atoms with E-state index in [1.165, 1.54) is 12.1 Å². The number of anilines is 1. The van der Waals surface area contributed by atoms with Crippen molar-refractivity contribution in [1.82, 2.24) is 0 Å². The van der Waals surface area contributed by atoms with Crippen LogP contribution in [0, 0.1) is 5.82 Å². The Balaban J connectivity index is 2.80. The number of aromatic carboxylic acids is 1. The highest BCUT2D eigenvalue weighted by Crippen LogP contribution is 2.17. The number of nitrogens with one attached hydrogen (secondary N) is 1. The maximum Gasteiger partial charge on any atom is 0.412 e. The Morgan fingerprint density at radius 1 is 1.33 bits per heavy atom. The zero-order valence-electron chi connectivity index (χ0n) is 10.3. The lowest BCUT2D eigenvalue weighted by Gasteiger charge is -2.19. The highest BCUT2D eigenvalue weighted by atomic mass is 19.1. The molecule has 98 valence electrons. The molecule has 0 bridgehead atoms. The van der Waals surface area contributed by atoms with Crippen molar-refractivity contribution in [3.05, 3.63) is 29.6 Å². The molecule has 0 aliphatic heterocycles. The Kier molecular flexibility index (Phi) is 3.90. The fourth-order valence-electron chi connectivity index (χ4n) is 1.16. The molecule has 1 aromatic carbocycles.